The van der Waals surface area contributed by atoms with Gasteiger partial charge in [-0.15, -0.1) is 12.4 Å². The van der Waals surface area contributed by atoms with Crippen LogP contribution in [0.2, 0.25) is 0 Å². The smallest absolute Gasteiger partial charge is 0.308 e. The van der Waals surface area contributed by atoms with E-state index in [9.17, 15) is 9.59 Å². The summed E-state index contributed by atoms with van der Waals surface area (Å²) < 4.78 is 4.78. The molecule has 22 heavy (non-hydrogen) atoms. The first-order valence-electron chi connectivity index (χ1n) is 7.92. The van der Waals surface area contributed by atoms with Crippen LogP contribution in [0.1, 0.15) is 39.0 Å². The molecular weight excluding hydrogens is 306 g/mol. The number of halogens is 1. The van der Waals surface area contributed by atoms with Crippen molar-refractivity contribution in [1.82, 2.24) is 10.2 Å². The monoisotopic (exact) mass is 335 g/mol. The molecule has 0 saturated carbocycles. The van der Waals surface area contributed by atoms with Crippen molar-refractivity contribution < 1.29 is 14.3 Å². The Kier molecular flexibility index (Phi) is 11.2. The quantitative estimate of drug-likeness (QED) is 0.509. The van der Waals surface area contributed by atoms with E-state index in [1.165, 1.54) is 7.11 Å². The van der Waals surface area contributed by atoms with Crippen molar-refractivity contribution in [2.75, 3.05) is 33.3 Å². The third-order valence-electron chi connectivity index (χ3n) is 4.01. The van der Waals surface area contributed by atoms with E-state index in [-0.39, 0.29) is 36.2 Å². The van der Waals surface area contributed by atoms with Gasteiger partial charge in [0.2, 0.25) is 5.91 Å². The van der Waals surface area contributed by atoms with Crippen LogP contribution in [0.25, 0.3) is 0 Å². The summed E-state index contributed by atoms with van der Waals surface area (Å²) in [4.78, 5) is 25.4. The SMILES string of the molecule is CCCC(N)C(=O)NCCCN1CCC(C(=O)OC)CC1.Cl. The topological polar surface area (TPSA) is 84.7 Å². The fourth-order valence-corrected chi connectivity index (χ4v) is 2.65. The molecule has 1 aliphatic rings. The Morgan fingerprint density at radius 1 is 1.36 bits per heavy atom. The van der Waals surface area contributed by atoms with Gasteiger partial charge in [0.15, 0.2) is 0 Å². The van der Waals surface area contributed by atoms with Gasteiger partial charge in [0.25, 0.3) is 0 Å². The van der Waals surface area contributed by atoms with Gasteiger partial charge in [0.1, 0.15) is 0 Å². The first kappa shape index (κ1) is 21.1. The number of carbonyl (C=O) groups excluding carboxylic acids is 2. The molecule has 0 aliphatic carbocycles. The maximum absolute atomic E-state index is 11.6. The highest BCUT2D eigenvalue weighted by molar-refractivity contribution is 5.85. The first-order valence-corrected chi connectivity index (χ1v) is 7.92. The van der Waals surface area contributed by atoms with Gasteiger partial charge in [0, 0.05) is 6.54 Å². The number of nitrogens with one attached hydrogen (secondary N) is 1. The summed E-state index contributed by atoms with van der Waals surface area (Å²) in [5.74, 6) is -0.0916. The summed E-state index contributed by atoms with van der Waals surface area (Å²) in [6.07, 6.45) is 4.28. The minimum absolute atomic E-state index is 0. The molecule has 1 heterocycles. The Balaban J connectivity index is 0.00000441. The van der Waals surface area contributed by atoms with Gasteiger partial charge in [-0.2, -0.15) is 0 Å². The number of methoxy groups -OCH3 is 1. The van der Waals surface area contributed by atoms with Gasteiger partial charge in [-0.3, -0.25) is 9.59 Å². The summed E-state index contributed by atoms with van der Waals surface area (Å²) in [5.41, 5.74) is 5.74. The highest BCUT2D eigenvalue weighted by Gasteiger charge is 2.25. The summed E-state index contributed by atoms with van der Waals surface area (Å²) in [6.45, 7) is 5.46. The summed E-state index contributed by atoms with van der Waals surface area (Å²) in [7, 11) is 1.45. The zero-order chi connectivity index (χ0) is 15.7. The number of esters is 1. The maximum atomic E-state index is 11.6. The van der Waals surface area contributed by atoms with Gasteiger partial charge in [-0.1, -0.05) is 13.3 Å². The molecule has 1 aliphatic heterocycles. The third-order valence-corrected chi connectivity index (χ3v) is 4.01. The van der Waals surface area contributed by atoms with Gasteiger partial charge in [0.05, 0.1) is 19.1 Å². The molecule has 1 saturated heterocycles. The number of hydrogen-bond donors (Lipinski definition) is 2. The Bertz CT molecular complexity index is 334. The van der Waals surface area contributed by atoms with Crippen molar-refractivity contribution in [2.24, 2.45) is 11.7 Å². The Morgan fingerprint density at radius 2 is 2.00 bits per heavy atom. The van der Waals surface area contributed by atoms with Gasteiger partial charge < -0.3 is 20.7 Å². The molecule has 1 rings (SSSR count). The molecule has 0 aromatic carbocycles. The number of carbonyl (C=O) groups is 2. The van der Waals surface area contributed by atoms with Crippen molar-refractivity contribution in [3.63, 3.8) is 0 Å². The van der Waals surface area contributed by atoms with E-state index in [4.69, 9.17) is 10.5 Å². The normalized spacial score (nSPS) is 17.4. The number of rotatable bonds is 8. The number of nitrogens with zero attached hydrogens (tertiary/aromatic N) is 1. The van der Waals surface area contributed by atoms with Gasteiger partial charge in [-0.25, -0.2) is 0 Å². The molecule has 0 aromatic heterocycles. The summed E-state index contributed by atoms with van der Waals surface area (Å²) >= 11 is 0. The van der Waals surface area contributed by atoms with Crippen LogP contribution in [0.5, 0.6) is 0 Å². The number of ether oxygens (including phenoxy) is 1. The fraction of sp³-hybridized carbons (Fsp3) is 0.867. The molecule has 0 bridgehead atoms. The van der Waals surface area contributed by atoms with E-state index < -0.39 is 0 Å². The van der Waals surface area contributed by atoms with Crippen LogP contribution in [-0.2, 0) is 14.3 Å². The highest BCUT2D eigenvalue weighted by atomic mass is 35.5. The average Bonchev–Trinajstić information content (AvgIpc) is 2.51. The molecule has 0 spiro atoms. The standard InChI is InChI=1S/C15H29N3O3.ClH/c1-3-5-13(16)14(19)17-8-4-9-18-10-6-12(7-11-18)15(20)21-2;/h12-13H,3-11,16H2,1-2H3,(H,17,19);1H. The van der Waals surface area contributed by atoms with Crippen LogP contribution in [0.15, 0.2) is 0 Å². The van der Waals surface area contributed by atoms with E-state index in [1.54, 1.807) is 0 Å². The van der Waals surface area contributed by atoms with E-state index in [1.807, 2.05) is 6.92 Å². The minimum Gasteiger partial charge on any atom is -0.469 e. The van der Waals surface area contributed by atoms with Crippen molar-refractivity contribution in [3.8, 4) is 0 Å². The molecular formula is C15H30ClN3O3. The Labute approximate surface area is 139 Å². The van der Waals surface area contributed by atoms with Crippen molar-refractivity contribution in [1.29, 1.82) is 0 Å². The Morgan fingerprint density at radius 3 is 2.55 bits per heavy atom. The second-order valence-electron chi connectivity index (χ2n) is 5.68. The summed E-state index contributed by atoms with van der Waals surface area (Å²) in [6, 6.07) is -0.384. The molecule has 130 valence electrons. The van der Waals surface area contributed by atoms with Crippen LogP contribution >= 0.6 is 12.4 Å². The van der Waals surface area contributed by atoms with Crippen LogP contribution in [0.3, 0.4) is 0 Å². The lowest BCUT2D eigenvalue weighted by Gasteiger charge is -2.30. The predicted molar refractivity (Wildman–Crippen MR) is 88.9 cm³/mol. The van der Waals surface area contributed by atoms with Gasteiger partial charge >= 0.3 is 5.97 Å². The van der Waals surface area contributed by atoms with Crippen LogP contribution in [-0.4, -0.2) is 56.1 Å². The van der Waals surface area contributed by atoms with Crippen LogP contribution in [0.4, 0.5) is 0 Å². The lowest BCUT2D eigenvalue weighted by atomic mass is 9.97. The van der Waals surface area contributed by atoms with Crippen molar-refractivity contribution in [2.45, 2.75) is 45.1 Å². The van der Waals surface area contributed by atoms with E-state index in [0.29, 0.717) is 6.54 Å². The van der Waals surface area contributed by atoms with Crippen LogP contribution in [0, 0.1) is 5.92 Å². The minimum atomic E-state index is -0.384. The molecule has 0 aromatic rings. The second-order valence-corrected chi connectivity index (χ2v) is 5.68. The first-order chi connectivity index (χ1) is 10.1. The molecule has 1 amide bonds. The van der Waals surface area contributed by atoms with Crippen molar-refractivity contribution in [3.05, 3.63) is 0 Å². The second kappa shape index (κ2) is 11.7. The van der Waals surface area contributed by atoms with E-state index in [0.717, 1.165) is 51.7 Å². The maximum Gasteiger partial charge on any atom is 0.308 e. The van der Waals surface area contributed by atoms with Gasteiger partial charge in [-0.05, 0) is 45.3 Å². The van der Waals surface area contributed by atoms with Crippen molar-refractivity contribution >= 4 is 24.3 Å². The predicted octanol–water partition coefficient (Wildman–Crippen LogP) is 0.927. The zero-order valence-corrected chi connectivity index (χ0v) is 14.5. The van der Waals surface area contributed by atoms with E-state index in [2.05, 4.69) is 10.2 Å². The van der Waals surface area contributed by atoms with E-state index >= 15 is 0 Å². The molecule has 6 nitrogen and oxygen atoms in total. The number of nitrogens with two attached hydrogens (primary N) is 1. The molecule has 3 N–H and O–H groups in total. The number of likely N-dealkylation sites (tertiary alicyclic amines) is 1. The average molecular weight is 336 g/mol. The molecule has 1 atom stereocenters. The third kappa shape index (κ3) is 7.42. The largest absolute Gasteiger partial charge is 0.469 e. The Hall–Kier alpha value is -0.850. The number of piperidine rings is 1. The lowest BCUT2D eigenvalue weighted by Crippen LogP contribution is -2.42. The number of amides is 1. The molecule has 7 heteroatoms. The molecule has 1 fully saturated rings. The fourth-order valence-electron chi connectivity index (χ4n) is 2.65. The zero-order valence-electron chi connectivity index (χ0n) is 13.7. The highest BCUT2D eigenvalue weighted by Crippen LogP contribution is 2.18. The molecule has 1 unspecified atom stereocenters. The number of hydrogen-bond acceptors (Lipinski definition) is 5. The molecule has 0 radical (unpaired) electrons. The summed E-state index contributed by atoms with van der Waals surface area (Å²) in [5, 5.41) is 2.88. The van der Waals surface area contributed by atoms with Crippen LogP contribution < -0.4 is 11.1 Å². The lowest BCUT2D eigenvalue weighted by molar-refractivity contribution is -0.147.